The molecule has 0 atom stereocenters. The lowest BCUT2D eigenvalue weighted by Gasteiger charge is -2.38. The molecule has 1 amide bonds. The number of methoxy groups -OCH3 is 3. The number of likely N-dealkylation sites (N-methyl/N-ethyl adjacent to an activating group) is 1. The van der Waals surface area contributed by atoms with Gasteiger partial charge in [0.25, 0.3) is 0 Å². The highest BCUT2D eigenvalue weighted by molar-refractivity contribution is 6.27. The van der Waals surface area contributed by atoms with Crippen molar-refractivity contribution >= 4 is 17.8 Å². The summed E-state index contributed by atoms with van der Waals surface area (Å²) in [6.45, 7) is 9.61. The van der Waals surface area contributed by atoms with E-state index in [2.05, 4.69) is 21.6 Å². The van der Waals surface area contributed by atoms with Gasteiger partial charge in [-0.15, -0.1) is 0 Å². The Bertz CT molecular complexity index is 851. The molecule has 0 unspecified atom stereocenters. The lowest BCUT2D eigenvalue weighted by atomic mass is 9.94. The van der Waals surface area contributed by atoms with Crippen molar-refractivity contribution in [2.24, 2.45) is 5.92 Å². The van der Waals surface area contributed by atoms with Gasteiger partial charge < -0.3 is 34.2 Å². The zero-order valence-electron chi connectivity index (χ0n) is 21.0. The maximum atomic E-state index is 12.9. The predicted octanol–water partition coefficient (Wildman–Crippen LogP) is 1.24. The van der Waals surface area contributed by atoms with Crippen LogP contribution in [0.4, 0.5) is 0 Å². The Morgan fingerprint density at radius 3 is 1.86 bits per heavy atom. The fourth-order valence-electron chi connectivity index (χ4n) is 4.41. The summed E-state index contributed by atoms with van der Waals surface area (Å²) >= 11 is 0. The molecule has 2 aliphatic rings. The van der Waals surface area contributed by atoms with Gasteiger partial charge in [-0.3, -0.25) is 9.69 Å². The number of piperazine rings is 1. The van der Waals surface area contributed by atoms with E-state index >= 15 is 0 Å². The summed E-state index contributed by atoms with van der Waals surface area (Å²) in [6.07, 6.45) is 1.84. The van der Waals surface area contributed by atoms with Crippen LogP contribution in [0.25, 0.3) is 0 Å². The summed E-state index contributed by atoms with van der Waals surface area (Å²) < 4.78 is 16.5. The van der Waals surface area contributed by atoms with Crippen molar-refractivity contribution in [2.45, 2.75) is 26.3 Å². The molecule has 0 spiro atoms. The number of ether oxygens (including phenoxy) is 3. The van der Waals surface area contributed by atoms with E-state index in [1.807, 2.05) is 12.1 Å². The monoisotopic (exact) mass is 495 g/mol. The Morgan fingerprint density at radius 1 is 0.829 bits per heavy atom. The van der Waals surface area contributed by atoms with Crippen molar-refractivity contribution < 1.29 is 38.8 Å². The Labute approximate surface area is 206 Å². The summed E-state index contributed by atoms with van der Waals surface area (Å²) in [4.78, 5) is 38.0. The van der Waals surface area contributed by atoms with E-state index in [1.54, 1.807) is 21.3 Å². The predicted molar refractivity (Wildman–Crippen MR) is 128 cm³/mol. The first-order valence-corrected chi connectivity index (χ1v) is 11.7. The van der Waals surface area contributed by atoms with Gasteiger partial charge in [0.05, 0.1) is 21.3 Å². The molecule has 1 aromatic rings. The first kappa shape index (κ1) is 28.2. The van der Waals surface area contributed by atoms with Crippen molar-refractivity contribution in [3.05, 3.63) is 17.7 Å². The van der Waals surface area contributed by atoms with Crippen LogP contribution >= 0.6 is 0 Å². The Kier molecular flexibility index (Phi) is 11.1. The molecule has 2 aliphatic heterocycles. The number of carboxylic acid groups (broad SMARTS) is 2. The number of likely N-dealkylation sites (tertiary alicyclic amines) is 1. The third-order valence-corrected chi connectivity index (χ3v) is 6.43. The van der Waals surface area contributed by atoms with Crippen molar-refractivity contribution in [1.82, 2.24) is 14.7 Å². The Hall–Kier alpha value is -3.05. The second kappa shape index (κ2) is 13.7. The molecule has 0 saturated carbocycles. The molecule has 0 radical (unpaired) electrons. The minimum Gasteiger partial charge on any atom is -0.493 e. The number of aliphatic carboxylic acids is 2. The summed E-state index contributed by atoms with van der Waals surface area (Å²) in [7, 11) is 4.91. The fourth-order valence-corrected chi connectivity index (χ4v) is 4.41. The van der Waals surface area contributed by atoms with Gasteiger partial charge in [-0.05, 0) is 38.5 Å². The minimum absolute atomic E-state index is 0.159. The summed E-state index contributed by atoms with van der Waals surface area (Å²) in [5.41, 5.74) is 1.07. The van der Waals surface area contributed by atoms with Crippen molar-refractivity contribution in [1.29, 1.82) is 0 Å². The number of carbonyl (C=O) groups excluding carboxylic acids is 1. The van der Waals surface area contributed by atoms with Gasteiger partial charge >= 0.3 is 11.9 Å². The van der Waals surface area contributed by atoms with Crippen LogP contribution in [0.2, 0.25) is 0 Å². The maximum absolute atomic E-state index is 12.9. The molecule has 11 nitrogen and oxygen atoms in total. The molecule has 2 heterocycles. The smallest absolute Gasteiger partial charge is 0.414 e. The van der Waals surface area contributed by atoms with Crippen LogP contribution < -0.4 is 14.2 Å². The number of nitrogens with zero attached hydrogens (tertiary/aromatic N) is 3. The number of carbonyl (C=O) groups is 3. The third kappa shape index (κ3) is 7.72. The largest absolute Gasteiger partial charge is 0.493 e. The van der Waals surface area contributed by atoms with Gasteiger partial charge in [-0.1, -0.05) is 13.0 Å². The molecule has 0 bridgehead atoms. The van der Waals surface area contributed by atoms with E-state index in [0.717, 1.165) is 76.5 Å². The molecule has 0 aliphatic carbocycles. The van der Waals surface area contributed by atoms with Crippen molar-refractivity contribution in [3.63, 3.8) is 0 Å². The number of hydrogen-bond acceptors (Lipinski definition) is 8. The Balaban J connectivity index is 0.000000641. The zero-order chi connectivity index (χ0) is 26.0. The minimum atomic E-state index is -1.82. The molecular formula is C24H37N3O8. The van der Waals surface area contributed by atoms with Crippen LogP contribution in [0.5, 0.6) is 17.2 Å². The van der Waals surface area contributed by atoms with E-state index < -0.39 is 11.9 Å². The standard InChI is InChI=1S/C22H35N3O4.C2H2O4/c1-5-23-12-14-25(15-13-23)22(26)17-8-10-24(11-9-17)16-18-6-7-19(27-2)21(29-4)20(18)28-3;3-1(4)2(5)6/h6-7,17H,5,8-16H2,1-4H3;(H,3,4)(H,5,6). The van der Waals surface area contributed by atoms with E-state index in [1.165, 1.54) is 0 Å². The average molecular weight is 496 g/mol. The summed E-state index contributed by atoms with van der Waals surface area (Å²) in [5, 5.41) is 14.8. The van der Waals surface area contributed by atoms with Crippen molar-refractivity contribution in [2.75, 3.05) is 67.1 Å². The number of hydrogen-bond donors (Lipinski definition) is 2. The molecule has 11 heteroatoms. The van der Waals surface area contributed by atoms with Crippen LogP contribution in [0.1, 0.15) is 25.3 Å². The van der Waals surface area contributed by atoms with Gasteiger partial charge in [0, 0.05) is 44.2 Å². The van der Waals surface area contributed by atoms with E-state index in [9.17, 15) is 4.79 Å². The SMILES string of the molecule is CCN1CCN(C(=O)C2CCN(Cc3ccc(OC)c(OC)c3OC)CC2)CC1.O=C(O)C(=O)O. The number of piperidine rings is 1. The number of benzene rings is 1. The number of amides is 1. The van der Waals surface area contributed by atoms with Gasteiger partial charge in [0.15, 0.2) is 11.5 Å². The van der Waals surface area contributed by atoms with Crippen LogP contribution in [0, 0.1) is 5.92 Å². The fraction of sp³-hybridized carbons (Fsp3) is 0.625. The number of carboxylic acids is 2. The van der Waals surface area contributed by atoms with E-state index in [4.69, 9.17) is 34.0 Å². The molecule has 35 heavy (non-hydrogen) atoms. The quantitative estimate of drug-likeness (QED) is 0.533. The van der Waals surface area contributed by atoms with Gasteiger partial charge in [0.1, 0.15) is 0 Å². The van der Waals surface area contributed by atoms with E-state index in [-0.39, 0.29) is 5.92 Å². The zero-order valence-corrected chi connectivity index (χ0v) is 21.0. The molecule has 2 saturated heterocycles. The highest BCUT2D eigenvalue weighted by atomic mass is 16.5. The van der Waals surface area contributed by atoms with Gasteiger partial charge in [-0.25, -0.2) is 9.59 Å². The van der Waals surface area contributed by atoms with E-state index in [0.29, 0.717) is 17.4 Å². The van der Waals surface area contributed by atoms with Gasteiger partial charge in [0.2, 0.25) is 11.7 Å². The Morgan fingerprint density at radius 2 is 1.40 bits per heavy atom. The summed E-state index contributed by atoms with van der Waals surface area (Å²) in [5.74, 6) is -1.12. The van der Waals surface area contributed by atoms with Crippen LogP contribution in [0.15, 0.2) is 12.1 Å². The molecular weight excluding hydrogens is 458 g/mol. The van der Waals surface area contributed by atoms with Crippen LogP contribution in [-0.2, 0) is 20.9 Å². The first-order valence-electron chi connectivity index (χ1n) is 11.7. The molecule has 0 aromatic heterocycles. The highest BCUT2D eigenvalue weighted by Gasteiger charge is 2.30. The summed E-state index contributed by atoms with van der Waals surface area (Å²) in [6, 6.07) is 3.95. The molecule has 196 valence electrons. The van der Waals surface area contributed by atoms with Gasteiger partial charge in [-0.2, -0.15) is 0 Å². The average Bonchev–Trinajstić information content (AvgIpc) is 2.88. The lowest BCUT2D eigenvalue weighted by Crippen LogP contribution is -2.51. The highest BCUT2D eigenvalue weighted by Crippen LogP contribution is 2.40. The van der Waals surface area contributed by atoms with Crippen LogP contribution in [-0.4, -0.2) is 110 Å². The normalized spacial score (nSPS) is 17.2. The maximum Gasteiger partial charge on any atom is 0.414 e. The molecule has 1 aromatic carbocycles. The second-order valence-electron chi connectivity index (χ2n) is 8.41. The van der Waals surface area contributed by atoms with Crippen LogP contribution in [0.3, 0.4) is 0 Å². The lowest BCUT2D eigenvalue weighted by molar-refractivity contribution is -0.159. The molecule has 2 N–H and O–H groups in total. The molecule has 2 fully saturated rings. The third-order valence-electron chi connectivity index (χ3n) is 6.43. The molecule has 3 rings (SSSR count). The second-order valence-corrected chi connectivity index (χ2v) is 8.41. The first-order chi connectivity index (χ1) is 16.7. The van der Waals surface area contributed by atoms with Crippen molar-refractivity contribution in [3.8, 4) is 17.2 Å². The topological polar surface area (TPSA) is 129 Å². The number of rotatable bonds is 7.